The van der Waals surface area contributed by atoms with Crippen LogP contribution < -0.4 is 10.6 Å². The van der Waals surface area contributed by atoms with Crippen LogP contribution >= 0.6 is 0 Å². The Kier molecular flexibility index (Phi) is 7.23. The van der Waals surface area contributed by atoms with Crippen LogP contribution in [0.25, 0.3) is 0 Å². The summed E-state index contributed by atoms with van der Waals surface area (Å²) in [6.45, 7) is 1.34. The van der Waals surface area contributed by atoms with Crippen LogP contribution in [0.3, 0.4) is 0 Å². The second kappa shape index (κ2) is 9.67. The summed E-state index contributed by atoms with van der Waals surface area (Å²) in [4.78, 5) is 4.21. The lowest BCUT2D eigenvalue weighted by atomic mass is 10.1. The van der Waals surface area contributed by atoms with Crippen LogP contribution in [-0.2, 0) is 11.2 Å². The van der Waals surface area contributed by atoms with Crippen molar-refractivity contribution >= 4 is 5.96 Å². The summed E-state index contributed by atoms with van der Waals surface area (Å²) in [5, 5.41) is 6.52. The van der Waals surface area contributed by atoms with E-state index in [1.807, 2.05) is 30.3 Å². The number of methoxy groups -OCH3 is 1. The molecule has 1 unspecified atom stereocenters. The van der Waals surface area contributed by atoms with Crippen molar-refractivity contribution in [3.05, 3.63) is 71.5 Å². The summed E-state index contributed by atoms with van der Waals surface area (Å²) in [6, 6.07) is 16.6. The second-order valence-electron chi connectivity index (χ2n) is 5.39. The highest BCUT2D eigenvalue weighted by atomic mass is 19.1. The molecule has 5 heteroatoms. The van der Waals surface area contributed by atoms with E-state index in [0.717, 1.165) is 23.5 Å². The minimum Gasteiger partial charge on any atom is -0.375 e. The first-order valence-corrected chi connectivity index (χ1v) is 7.99. The van der Waals surface area contributed by atoms with E-state index in [0.29, 0.717) is 13.1 Å². The third kappa shape index (κ3) is 5.66. The molecular weight excluding hydrogens is 305 g/mol. The molecule has 2 aromatic rings. The van der Waals surface area contributed by atoms with Gasteiger partial charge in [0.05, 0.1) is 6.10 Å². The van der Waals surface area contributed by atoms with Gasteiger partial charge in [0.25, 0.3) is 0 Å². The van der Waals surface area contributed by atoms with Gasteiger partial charge in [-0.15, -0.1) is 0 Å². The summed E-state index contributed by atoms with van der Waals surface area (Å²) < 4.78 is 18.4. The van der Waals surface area contributed by atoms with Crippen molar-refractivity contribution in [1.29, 1.82) is 0 Å². The maximum absolute atomic E-state index is 12.9. The van der Waals surface area contributed by atoms with Gasteiger partial charge in [-0.2, -0.15) is 0 Å². The molecular formula is C19H24FN3O. The largest absolute Gasteiger partial charge is 0.375 e. The van der Waals surface area contributed by atoms with Gasteiger partial charge in [-0.3, -0.25) is 4.99 Å². The van der Waals surface area contributed by atoms with E-state index in [-0.39, 0.29) is 11.9 Å². The molecule has 0 heterocycles. The van der Waals surface area contributed by atoms with E-state index in [2.05, 4.69) is 15.6 Å². The molecule has 0 radical (unpaired) electrons. The number of ether oxygens (including phenoxy) is 1. The van der Waals surface area contributed by atoms with Gasteiger partial charge in [0.2, 0.25) is 0 Å². The highest BCUT2D eigenvalue weighted by Gasteiger charge is 2.10. The number of aliphatic imine (C=N–C) groups is 1. The van der Waals surface area contributed by atoms with Crippen LogP contribution in [0.4, 0.5) is 4.39 Å². The van der Waals surface area contributed by atoms with Gasteiger partial charge >= 0.3 is 0 Å². The summed E-state index contributed by atoms with van der Waals surface area (Å²) in [7, 11) is 3.43. The summed E-state index contributed by atoms with van der Waals surface area (Å²) in [5.41, 5.74) is 2.20. The fourth-order valence-corrected chi connectivity index (χ4v) is 2.39. The van der Waals surface area contributed by atoms with Gasteiger partial charge < -0.3 is 15.4 Å². The Morgan fingerprint density at radius 1 is 1.08 bits per heavy atom. The lowest BCUT2D eigenvalue weighted by Crippen LogP contribution is -2.40. The van der Waals surface area contributed by atoms with Crippen molar-refractivity contribution in [3.63, 3.8) is 0 Å². The smallest absolute Gasteiger partial charge is 0.191 e. The van der Waals surface area contributed by atoms with Gasteiger partial charge in [-0.05, 0) is 29.7 Å². The molecule has 1 atom stereocenters. The summed E-state index contributed by atoms with van der Waals surface area (Å²) in [5.74, 6) is 0.505. The first kappa shape index (κ1) is 17.9. The van der Waals surface area contributed by atoms with Crippen LogP contribution in [-0.4, -0.2) is 33.2 Å². The van der Waals surface area contributed by atoms with Crippen LogP contribution in [0.2, 0.25) is 0 Å². The number of nitrogens with zero attached hydrogens (tertiary/aromatic N) is 1. The van der Waals surface area contributed by atoms with E-state index < -0.39 is 0 Å². The molecule has 0 saturated carbocycles. The van der Waals surface area contributed by atoms with Gasteiger partial charge in [0, 0.05) is 27.2 Å². The van der Waals surface area contributed by atoms with E-state index in [1.165, 1.54) is 12.1 Å². The van der Waals surface area contributed by atoms with Gasteiger partial charge in [0.1, 0.15) is 5.82 Å². The van der Waals surface area contributed by atoms with E-state index >= 15 is 0 Å². The number of rotatable bonds is 7. The minimum absolute atomic E-state index is 0.0400. The van der Waals surface area contributed by atoms with Crippen molar-refractivity contribution in [3.8, 4) is 0 Å². The molecule has 0 aromatic heterocycles. The zero-order valence-corrected chi connectivity index (χ0v) is 14.1. The average Bonchev–Trinajstić information content (AvgIpc) is 2.63. The molecule has 2 N–H and O–H groups in total. The predicted octanol–water partition coefficient (Wildman–Crippen LogP) is 2.92. The maximum Gasteiger partial charge on any atom is 0.191 e. The van der Waals surface area contributed by atoms with Gasteiger partial charge in [-0.1, -0.05) is 42.5 Å². The number of nitrogens with one attached hydrogen (secondary N) is 2. The van der Waals surface area contributed by atoms with Gasteiger partial charge in [0.15, 0.2) is 5.96 Å². The SMILES string of the molecule is CN=C(NCCc1ccc(F)cc1)NCC(OC)c1ccccc1. The highest BCUT2D eigenvalue weighted by molar-refractivity contribution is 5.79. The number of hydrogen-bond acceptors (Lipinski definition) is 2. The van der Waals surface area contributed by atoms with E-state index in [4.69, 9.17) is 4.74 Å². The standard InChI is InChI=1S/C19H24FN3O/c1-21-19(22-13-12-15-8-10-17(20)11-9-15)23-14-18(24-2)16-6-4-3-5-7-16/h3-11,18H,12-14H2,1-2H3,(H2,21,22,23). The quantitative estimate of drug-likeness (QED) is 0.606. The van der Waals surface area contributed by atoms with Crippen molar-refractivity contribution in [2.75, 3.05) is 27.2 Å². The average molecular weight is 329 g/mol. The molecule has 128 valence electrons. The van der Waals surface area contributed by atoms with Crippen molar-refractivity contribution in [1.82, 2.24) is 10.6 Å². The lowest BCUT2D eigenvalue weighted by Gasteiger charge is -2.18. The molecule has 0 spiro atoms. The lowest BCUT2D eigenvalue weighted by molar-refractivity contribution is 0.106. The molecule has 0 fully saturated rings. The predicted molar refractivity (Wildman–Crippen MR) is 95.7 cm³/mol. The molecule has 0 aliphatic rings. The number of guanidine groups is 1. The molecule has 0 saturated heterocycles. The van der Waals surface area contributed by atoms with Crippen LogP contribution in [0, 0.1) is 5.82 Å². The molecule has 0 amide bonds. The zero-order chi connectivity index (χ0) is 17.2. The van der Waals surface area contributed by atoms with E-state index in [1.54, 1.807) is 26.3 Å². The molecule has 24 heavy (non-hydrogen) atoms. The first-order valence-electron chi connectivity index (χ1n) is 7.99. The van der Waals surface area contributed by atoms with Crippen molar-refractivity contribution in [2.24, 2.45) is 4.99 Å². The molecule has 0 aliphatic heterocycles. The topological polar surface area (TPSA) is 45.7 Å². The van der Waals surface area contributed by atoms with Crippen LogP contribution in [0.15, 0.2) is 59.6 Å². The third-order valence-corrected chi connectivity index (χ3v) is 3.75. The molecule has 0 bridgehead atoms. The van der Waals surface area contributed by atoms with Crippen molar-refractivity contribution < 1.29 is 9.13 Å². The number of hydrogen-bond donors (Lipinski definition) is 2. The third-order valence-electron chi connectivity index (χ3n) is 3.75. The summed E-state index contributed by atoms with van der Waals surface area (Å²) in [6.07, 6.45) is 0.759. The van der Waals surface area contributed by atoms with Crippen molar-refractivity contribution in [2.45, 2.75) is 12.5 Å². The Morgan fingerprint density at radius 2 is 1.79 bits per heavy atom. The second-order valence-corrected chi connectivity index (χ2v) is 5.39. The summed E-state index contributed by atoms with van der Waals surface area (Å²) >= 11 is 0. The fraction of sp³-hybridized carbons (Fsp3) is 0.316. The molecule has 4 nitrogen and oxygen atoms in total. The highest BCUT2D eigenvalue weighted by Crippen LogP contribution is 2.14. The molecule has 2 rings (SSSR count). The van der Waals surface area contributed by atoms with E-state index in [9.17, 15) is 4.39 Å². The Hall–Kier alpha value is -2.40. The fourth-order valence-electron chi connectivity index (χ4n) is 2.39. The Bertz CT molecular complexity index is 629. The zero-order valence-electron chi connectivity index (χ0n) is 14.1. The number of halogens is 1. The Morgan fingerprint density at radius 3 is 2.42 bits per heavy atom. The minimum atomic E-state index is -0.212. The molecule has 2 aromatic carbocycles. The van der Waals surface area contributed by atoms with Gasteiger partial charge in [-0.25, -0.2) is 4.39 Å². The Balaban J connectivity index is 1.78. The maximum atomic E-state index is 12.9. The monoisotopic (exact) mass is 329 g/mol. The van der Waals surface area contributed by atoms with Crippen LogP contribution in [0.5, 0.6) is 0 Å². The first-order chi connectivity index (χ1) is 11.7. The van der Waals surface area contributed by atoms with Crippen LogP contribution in [0.1, 0.15) is 17.2 Å². The molecule has 0 aliphatic carbocycles. The Labute approximate surface area is 142 Å². The number of benzene rings is 2. The normalized spacial score (nSPS) is 12.7.